The van der Waals surface area contributed by atoms with Crippen molar-refractivity contribution >= 4 is 5.91 Å². The minimum absolute atomic E-state index is 0.263. The first-order chi connectivity index (χ1) is 6.85. The lowest BCUT2D eigenvalue weighted by molar-refractivity contribution is -0.142. The number of piperidine rings is 1. The van der Waals surface area contributed by atoms with Crippen LogP contribution < -0.4 is 0 Å². The van der Waals surface area contributed by atoms with Crippen molar-refractivity contribution in [3.63, 3.8) is 0 Å². The molecule has 15 heavy (non-hydrogen) atoms. The number of likely N-dealkylation sites (N-methyl/N-ethyl adjacent to an activating group) is 1. The molecule has 0 aromatic rings. The Morgan fingerprint density at radius 2 is 2.00 bits per heavy atom. The summed E-state index contributed by atoms with van der Waals surface area (Å²) in [5, 5.41) is 0. The zero-order valence-electron chi connectivity index (χ0n) is 10.7. The summed E-state index contributed by atoms with van der Waals surface area (Å²) in [6.45, 7) is 8.07. The maximum absolute atomic E-state index is 12.3. The van der Waals surface area contributed by atoms with Gasteiger partial charge in [-0.15, -0.1) is 0 Å². The number of amides is 1. The number of carbonyl (C=O) groups is 1. The second kappa shape index (κ2) is 4.52. The largest absolute Gasteiger partial charge is 0.341 e. The summed E-state index contributed by atoms with van der Waals surface area (Å²) in [6, 6.07) is 0. The maximum Gasteiger partial charge on any atom is 0.242 e. The summed E-state index contributed by atoms with van der Waals surface area (Å²) in [5.74, 6) is 0.916. The van der Waals surface area contributed by atoms with E-state index in [1.54, 1.807) is 0 Å². The van der Waals surface area contributed by atoms with Crippen molar-refractivity contribution in [2.24, 2.45) is 5.92 Å². The molecule has 3 nitrogen and oxygen atoms in total. The average molecular weight is 212 g/mol. The second-order valence-corrected chi connectivity index (χ2v) is 5.45. The Kier molecular flexibility index (Phi) is 3.77. The first-order valence-electron chi connectivity index (χ1n) is 5.82. The SMILES string of the molecule is CC1CCCN(C(=O)C(C)(C)N(C)C)C1. The summed E-state index contributed by atoms with van der Waals surface area (Å²) in [6.07, 6.45) is 2.41. The number of nitrogens with zero attached hydrogens (tertiary/aromatic N) is 2. The van der Waals surface area contributed by atoms with Gasteiger partial charge in [-0.05, 0) is 46.7 Å². The van der Waals surface area contributed by atoms with Gasteiger partial charge in [0.2, 0.25) is 5.91 Å². The molecular weight excluding hydrogens is 188 g/mol. The molecule has 0 spiro atoms. The molecule has 1 aliphatic rings. The van der Waals surface area contributed by atoms with Gasteiger partial charge in [0.25, 0.3) is 0 Å². The lowest BCUT2D eigenvalue weighted by Gasteiger charge is -2.39. The van der Waals surface area contributed by atoms with Crippen molar-refractivity contribution in [3.05, 3.63) is 0 Å². The van der Waals surface area contributed by atoms with Crippen LogP contribution in [0.5, 0.6) is 0 Å². The molecule has 1 rings (SSSR count). The highest BCUT2D eigenvalue weighted by Gasteiger charge is 2.35. The van der Waals surface area contributed by atoms with Gasteiger partial charge in [0.15, 0.2) is 0 Å². The third-order valence-electron chi connectivity index (χ3n) is 3.59. The van der Waals surface area contributed by atoms with Gasteiger partial charge in [0.05, 0.1) is 5.54 Å². The van der Waals surface area contributed by atoms with E-state index in [0.717, 1.165) is 19.5 Å². The van der Waals surface area contributed by atoms with Crippen LogP contribution in [0.1, 0.15) is 33.6 Å². The van der Waals surface area contributed by atoms with Crippen LogP contribution in [0.3, 0.4) is 0 Å². The van der Waals surface area contributed by atoms with E-state index in [1.807, 2.05) is 37.7 Å². The highest BCUT2D eigenvalue weighted by Crippen LogP contribution is 2.21. The van der Waals surface area contributed by atoms with Gasteiger partial charge < -0.3 is 4.90 Å². The number of carbonyl (C=O) groups excluding carboxylic acids is 1. The lowest BCUT2D eigenvalue weighted by Crippen LogP contribution is -2.55. The Labute approximate surface area is 93.4 Å². The Balaban J connectivity index is 2.67. The molecule has 1 heterocycles. The molecule has 0 saturated carbocycles. The molecule has 0 aliphatic carbocycles. The van der Waals surface area contributed by atoms with E-state index in [9.17, 15) is 4.79 Å². The van der Waals surface area contributed by atoms with Gasteiger partial charge in [-0.2, -0.15) is 0 Å². The maximum atomic E-state index is 12.3. The normalized spacial score (nSPS) is 23.3. The molecule has 1 atom stereocenters. The zero-order valence-corrected chi connectivity index (χ0v) is 10.7. The van der Waals surface area contributed by atoms with Crippen LogP contribution in [0.15, 0.2) is 0 Å². The molecule has 0 bridgehead atoms. The number of hydrogen-bond donors (Lipinski definition) is 0. The van der Waals surface area contributed by atoms with Gasteiger partial charge >= 0.3 is 0 Å². The minimum Gasteiger partial charge on any atom is -0.341 e. The topological polar surface area (TPSA) is 23.6 Å². The molecule has 3 heteroatoms. The molecule has 1 fully saturated rings. The molecule has 0 radical (unpaired) electrons. The van der Waals surface area contributed by atoms with Gasteiger partial charge in [-0.3, -0.25) is 9.69 Å². The van der Waals surface area contributed by atoms with Crippen LogP contribution in [0.4, 0.5) is 0 Å². The Hall–Kier alpha value is -0.570. The number of hydrogen-bond acceptors (Lipinski definition) is 2. The fourth-order valence-corrected chi connectivity index (χ4v) is 1.95. The van der Waals surface area contributed by atoms with Crippen LogP contribution in [-0.2, 0) is 4.79 Å². The van der Waals surface area contributed by atoms with Crippen LogP contribution >= 0.6 is 0 Å². The van der Waals surface area contributed by atoms with E-state index >= 15 is 0 Å². The van der Waals surface area contributed by atoms with Crippen LogP contribution in [0, 0.1) is 5.92 Å². The van der Waals surface area contributed by atoms with Crippen molar-refractivity contribution in [2.45, 2.75) is 39.2 Å². The van der Waals surface area contributed by atoms with Gasteiger partial charge in [-0.1, -0.05) is 6.92 Å². The molecule has 1 unspecified atom stereocenters. The summed E-state index contributed by atoms with van der Waals surface area (Å²) in [5.41, 5.74) is -0.378. The second-order valence-electron chi connectivity index (χ2n) is 5.45. The van der Waals surface area contributed by atoms with Crippen LogP contribution in [-0.4, -0.2) is 48.4 Å². The van der Waals surface area contributed by atoms with Gasteiger partial charge in [-0.25, -0.2) is 0 Å². The smallest absolute Gasteiger partial charge is 0.242 e. The predicted octanol–water partition coefficient (Wildman–Crippen LogP) is 1.59. The number of rotatable bonds is 2. The predicted molar refractivity (Wildman–Crippen MR) is 62.7 cm³/mol. The van der Waals surface area contributed by atoms with Gasteiger partial charge in [0, 0.05) is 13.1 Å². The summed E-state index contributed by atoms with van der Waals surface area (Å²) in [7, 11) is 3.93. The Morgan fingerprint density at radius 1 is 1.40 bits per heavy atom. The summed E-state index contributed by atoms with van der Waals surface area (Å²) in [4.78, 5) is 16.3. The third kappa shape index (κ3) is 2.71. The first kappa shape index (κ1) is 12.5. The third-order valence-corrected chi connectivity index (χ3v) is 3.59. The first-order valence-corrected chi connectivity index (χ1v) is 5.82. The van der Waals surface area contributed by atoms with E-state index < -0.39 is 0 Å². The number of likely N-dealkylation sites (tertiary alicyclic amines) is 1. The zero-order chi connectivity index (χ0) is 11.6. The van der Waals surface area contributed by atoms with Crippen molar-refractivity contribution in [3.8, 4) is 0 Å². The molecule has 0 N–H and O–H groups in total. The Morgan fingerprint density at radius 3 is 2.47 bits per heavy atom. The van der Waals surface area contributed by atoms with E-state index in [4.69, 9.17) is 0 Å². The molecule has 0 aromatic heterocycles. The fraction of sp³-hybridized carbons (Fsp3) is 0.917. The molecular formula is C12H24N2O. The molecule has 1 saturated heterocycles. The molecule has 0 aromatic carbocycles. The monoisotopic (exact) mass is 212 g/mol. The summed E-state index contributed by atoms with van der Waals surface area (Å²) < 4.78 is 0. The van der Waals surface area contributed by atoms with Crippen molar-refractivity contribution in [1.29, 1.82) is 0 Å². The van der Waals surface area contributed by atoms with E-state index in [-0.39, 0.29) is 11.4 Å². The van der Waals surface area contributed by atoms with Crippen molar-refractivity contribution in [2.75, 3.05) is 27.2 Å². The molecule has 1 aliphatic heterocycles. The fourth-order valence-electron chi connectivity index (χ4n) is 1.95. The van der Waals surface area contributed by atoms with E-state index in [1.165, 1.54) is 6.42 Å². The van der Waals surface area contributed by atoms with E-state index in [2.05, 4.69) is 6.92 Å². The average Bonchev–Trinajstić information content (AvgIpc) is 2.16. The van der Waals surface area contributed by atoms with E-state index in [0.29, 0.717) is 5.92 Å². The van der Waals surface area contributed by atoms with Crippen molar-refractivity contribution < 1.29 is 4.79 Å². The minimum atomic E-state index is -0.378. The highest BCUT2D eigenvalue weighted by molar-refractivity contribution is 5.85. The molecule has 1 amide bonds. The highest BCUT2D eigenvalue weighted by atomic mass is 16.2. The molecule has 88 valence electrons. The lowest BCUT2D eigenvalue weighted by atomic mass is 9.96. The van der Waals surface area contributed by atoms with Gasteiger partial charge in [0.1, 0.15) is 0 Å². The Bertz CT molecular complexity index is 236. The summed E-state index contributed by atoms with van der Waals surface area (Å²) >= 11 is 0. The van der Waals surface area contributed by atoms with Crippen molar-refractivity contribution in [1.82, 2.24) is 9.80 Å². The quantitative estimate of drug-likeness (QED) is 0.694. The van der Waals surface area contributed by atoms with Crippen LogP contribution in [0.25, 0.3) is 0 Å². The standard InChI is InChI=1S/C12H24N2O/c1-10-7-6-8-14(9-10)11(15)12(2,3)13(4)5/h10H,6-9H2,1-5H3. The van der Waals surface area contributed by atoms with Crippen LogP contribution in [0.2, 0.25) is 0 Å².